The summed E-state index contributed by atoms with van der Waals surface area (Å²) in [5, 5.41) is 0. The Labute approximate surface area is 125 Å². The molecule has 2 rings (SSSR count). The third-order valence-corrected chi connectivity index (χ3v) is 5.60. The minimum atomic E-state index is -0.0692. The number of allylic oxidation sites excluding steroid dienone is 1. The molecule has 0 radical (unpaired) electrons. The summed E-state index contributed by atoms with van der Waals surface area (Å²) in [6, 6.07) is 0. The lowest BCUT2D eigenvalue weighted by Crippen LogP contribution is -2.61. The van der Waals surface area contributed by atoms with E-state index in [1.54, 1.807) is 0 Å². The van der Waals surface area contributed by atoms with Crippen molar-refractivity contribution >= 4 is 22.6 Å². The van der Waals surface area contributed by atoms with Gasteiger partial charge in [-0.3, -0.25) is 0 Å². The molecule has 0 aromatic carbocycles. The van der Waals surface area contributed by atoms with Crippen molar-refractivity contribution < 1.29 is 9.47 Å². The summed E-state index contributed by atoms with van der Waals surface area (Å²) in [5.41, 5.74) is 0.0943. The largest absolute Gasteiger partial charge is 0.353 e. The highest BCUT2D eigenvalue weighted by molar-refractivity contribution is 14.1. The Bertz CT molecular complexity index is 293. The van der Waals surface area contributed by atoms with E-state index < -0.39 is 0 Å². The Morgan fingerprint density at radius 1 is 1.44 bits per heavy atom. The molecule has 0 amide bonds. The zero-order chi connectivity index (χ0) is 13.2. The third kappa shape index (κ3) is 2.93. The van der Waals surface area contributed by atoms with Gasteiger partial charge in [0.15, 0.2) is 6.29 Å². The molecule has 2 aliphatic carbocycles. The second-order valence-corrected chi connectivity index (χ2v) is 8.12. The SMILES string of the molecule is C=CCC1(I)CC(OC(C)OCC)(C2CCC2)C1. The third-order valence-electron chi connectivity index (χ3n) is 4.39. The van der Waals surface area contributed by atoms with Gasteiger partial charge in [0.2, 0.25) is 0 Å². The van der Waals surface area contributed by atoms with E-state index in [2.05, 4.69) is 29.2 Å². The average Bonchev–Trinajstić information content (AvgIpc) is 2.12. The van der Waals surface area contributed by atoms with Gasteiger partial charge in [-0.2, -0.15) is 0 Å². The predicted octanol–water partition coefficient (Wildman–Crippen LogP) is 4.47. The lowest BCUT2D eigenvalue weighted by atomic mass is 9.58. The fourth-order valence-corrected chi connectivity index (χ4v) is 5.03. The summed E-state index contributed by atoms with van der Waals surface area (Å²) in [4.78, 5) is 0. The van der Waals surface area contributed by atoms with Crippen molar-refractivity contribution in [2.75, 3.05) is 6.61 Å². The van der Waals surface area contributed by atoms with Crippen LogP contribution in [0.2, 0.25) is 0 Å². The highest BCUT2D eigenvalue weighted by Gasteiger charge is 2.59. The highest BCUT2D eigenvalue weighted by atomic mass is 127. The number of hydrogen-bond donors (Lipinski definition) is 0. The quantitative estimate of drug-likeness (QED) is 0.287. The number of alkyl halides is 1. The van der Waals surface area contributed by atoms with Crippen LogP contribution in [0.15, 0.2) is 12.7 Å². The van der Waals surface area contributed by atoms with Gasteiger partial charge in [0, 0.05) is 10.0 Å². The number of hydrogen-bond acceptors (Lipinski definition) is 2. The first-order valence-electron chi connectivity index (χ1n) is 7.13. The molecule has 0 aliphatic heterocycles. The van der Waals surface area contributed by atoms with Gasteiger partial charge >= 0.3 is 0 Å². The first-order valence-corrected chi connectivity index (χ1v) is 8.21. The van der Waals surface area contributed by atoms with Crippen LogP contribution < -0.4 is 0 Å². The van der Waals surface area contributed by atoms with Crippen molar-refractivity contribution in [3.05, 3.63) is 12.7 Å². The minimum Gasteiger partial charge on any atom is -0.353 e. The molecule has 0 saturated heterocycles. The monoisotopic (exact) mass is 364 g/mol. The van der Waals surface area contributed by atoms with E-state index in [9.17, 15) is 0 Å². The maximum Gasteiger partial charge on any atom is 0.155 e. The summed E-state index contributed by atoms with van der Waals surface area (Å²) in [6.07, 6.45) is 9.43. The van der Waals surface area contributed by atoms with E-state index in [4.69, 9.17) is 9.47 Å². The Morgan fingerprint density at radius 2 is 2.11 bits per heavy atom. The maximum absolute atomic E-state index is 6.30. The van der Waals surface area contributed by atoms with Gasteiger partial charge in [0.05, 0.1) is 5.60 Å². The van der Waals surface area contributed by atoms with Gasteiger partial charge in [-0.25, -0.2) is 0 Å². The standard InChI is InChI=1S/C15H25IO2/c1-4-9-14(16)10-15(11-14,13-7-6-8-13)18-12(3)17-5-2/h4,12-13H,1,5-11H2,2-3H3. The fourth-order valence-electron chi connectivity index (χ4n) is 3.43. The van der Waals surface area contributed by atoms with E-state index in [0.29, 0.717) is 3.42 Å². The molecule has 3 heteroatoms. The smallest absolute Gasteiger partial charge is 0.155 e. The Balaban J connectivity index is 1.96. The molecule has 0 heterocycles. The van der Waals surface area contributed by atoms with Crippen molar-refractivity contribution in [2.45, 2.75) is 67.7 Å². The van der Waals surface area contributed by atoms with Crippen molar-refractivity contribution in [1.29, 1.82) is 0 Å². The Morgan fingerprint density at radius 3 is 2.56 bits per heavy atom. The first kappa shape index (κ1) is 14.8. The van der Waals surface area contributed by atoms with Crippen LogP contribution in [0.3, 0.4) is 0 Å². The fraction of sp³-hybridized carbons (Fsp3) is 0.867. The molecule has 2 saturated carbocycles. The van der Waals surface area contributed by atoms with Gasteiger partial charge in [0.1, 0.15) is 0 Å². The van der Waals surface area contributed by atoms with Gasteiger partial charge < -0.3 is 9.47 Å². The molecule has 2 fully saturated rings. The number of rotatable bonds is 7. The van der Waals surface area contributed by atoms with Gasteiger partial charge in [-0.1, -0.05) is 35.1 Å². The maximum atomic E-state index is 6.30. The first-order chi connectivity index (χ1) is 8.53. The summed E-state index contributed by atoms with van der Waals surface area (Å²) < 4.78 is 12.3. The molecule has 0 aromatic heterocycles. The van der Waals surface area contributed by atoms with Crippen molar-refractivity contribution in [3.63, 3.8) is 0 Å². The summed E-state index contributed by atoms with van der Waals surface area (Å²) >= 11 is 2.60. The van der Waals surface area contributed by atoms with Crippen LogP contribution in [0.1, 0.15) is 52.4 Å². The molecule has 1 unspecified atom stereocenters. The predicted molar refractivity (Wildman–Crippen MR) is 83.0 cm³/mol. The average molecular weight is 364 g/mol. The van der Waals surface area contributed by atoms with Crippen LogP contribution in [-0.2, 0) is 9.47 Å². The van der Waals surface area contributed by atoms with Crippen LogP contribution in [0.4, 0.5) is 0 Å². The zero-order valence-electron chi connectivity index (χ0n) is 11.6. The molecule has 0 aromatic rings. The van der Waals surface area contributed by atoms with Crippen molar-refractivity contribution in [2.24, 2.45) is 5.92 Å². The second kappa shape index (κ2) is 5.80. The molecule has 104 valence electrons. The van der Waals surface area contributed by atoms with E-state index in [-0.39, 0.29) is 11.9 Å². The Kier molecular flexibility index (Phi) is 4.76. The van der Waals surface area contributed by atoms with Crippen molar-refractivity contribution in [3.8, 4) is 0 Å². The van der Waals surface area contributed by atoms with Crippen molar-refractivity contribution in [1.82, 2.24) is 0 Å². The van der Waals surface area contributed by atoms with Crippen LogP contribution in [0, 0.1) is 5.92 Å². The number of ether oxygens (including phenoxy) is 2. The zero-order valence-corrected chi connectivity index (χ0v) is 13.7. The summed E-state index contributed by atoms with van der Waals surface area (Å²) in [6.45, 7) is 8.66. The normalized spacial score (nSPS) is 37.7. The molecule has 1 atom stereocenters. The lowest BCUT2D eigenvalue weighted by molar-refractivity contribution is -0.259. The molecule has 0 spiro atoms. The second-order valence-electron chi connectivity index (χ2n) is 5.83. The number of halogens is 1. The molecular weight excluding hydrogens is 339 g/mol. The van der Waals surface area contributed by atoms with Crippen LogP contribution in [-0.4, -0.2) is 21.9 Å². The van der Waals surface area contributed by atoms with Crippen LogP contribution >= 0.6 is 22.6 Å². The minimum absolute atomic E-state index is 0.0692. The van der Waals surface area contributed by atoms with Gasteiger partial charge in [0.25, 0.3) is 0 Å². The summed E-state index contributed by atoms with van der Waals surface area (Å²) in [5.74, 6) is 0.758. The van der Waals surface area contributed by atoms with E-state index in [1.165, 1.54) is 19.3 Å². The van der Waals surface area contributed by atoms with E-state index in [1.807, 2.05) is 19.9 Å². The molecular formula is C15H25IO2. The summed E-state index contributed by atoms with van der Waals surface area (Å²) in [7, 11) is 0. The van der Waals surface area contributed by atoms with Crippen LogP contribution in [0.5, 0.6) is 0 Å². The molecule has 2 nitrogen and oxygen atoms in total. The van der Waals surface area contributed by atoms with Gasteiger partial charge in [-0.05, 0) is 51.9 Å². The van der Waals surface area contributed by atoms with E-state index >= 15 is 0 Å². The van der Waals surface area contributed by atoms with E-state index in [0.717, 1.165) is 31.8 Å². The topological polar surface area (TPSA) is 18.5 Å². The van der Waals surface area contributed by atoms with Gasteiger partial charge in [-0.15, -0.1) is 6.58 Å². The molecule has 0 N–H and O–H groups in total. The molecule has 0 bridgehead atoms. The molecule has 18 heavy (non-hydrogen) atoms. The van der Waals surface area contributed by atoms with Crippen LogP contribution in [0.25, 0.3) is 0 Å². The highest BCUT2D eigenvalue weighted by Crippen LogP contribution is 2.59. The molecule has 2 aliphatic rings. The lowest BCUT2D eigenvalue weighted by Gasteiger charge is -2.59. The Hall–Kier alpha value is 0.390.